The van der Waals surface area contributed by atoms with Crippen LogP contribution in [0.2, 0.25) is 0 Å². The molecule has 122 valence electrons. The molecule has 0 saturated heterocycles. The van der Waals surface area contributed by atoms with Crippen LogP contribution >= 0.6 is 0 Å². The largest absolute Gasteiger partial charge is 0.466 e. The molecule has 1 aromatic carbocycles. The minimum atomic E-state index is -0.442. The predicted molar refractivity (Wildman–Crippen MR) is 88.3 cm³/mol. The Morgan fingerprint density at radius 3 is 2.74 bits per heavy atom. The molecule has 6 heteroatoms. The molecule has 23 heavy (non-hydrogen) atoms. The summed E-state index contributed by atoms with van der Waals surface area (Å²) in [6.45, 7) is 2.42. The van der Waals surface area contributed by atoms with Gasteiger partial charge in [-0.25, -0.2) is 9.59 Å². The van der Waals surface area contributed by atoms with Gasteiger partial charge in [0.1, 0.15) is 5.75 Å². The number of hydrogen-bond donors (Lipinski definition) is 0. The number of carbonyl (C=O) groups is 2. The zero-order valence-corrected chi connectivity index (χ0v) is 13.7. The van der Waals surface area contributed by atoms with Crippen LogP contribution in [-0.2, 0) is 16.6 Å². The number of methoxy groups -OCH3 is 1. The second-order valence-electron chi connectivity index (χ2n) is 5.08. The lowest BCUT2D eigenvalue weighted by molar-refractivity contribution is -0.134. The first kappa shape index (κ1) is 16.6. The number of nitrogens with zero attached hydrogens (tertiary/aromatic N) is 2. The van der Waals surface area contributed by atoms with Gasteiger partial charge >= 0.3 is 12.1 Å². The third-order valence-corrected chi connectivity index (χ3v) is 3.59. The van der Waals surface area contributed by atoms with Gasteiger partial charge in [0.15, 0.2) is 0 Å². The molecule has 0 aliphatic rings. The Kier molecular flexibility index (Phi) is 5.05. The van der Waals surface area contributed by atoms with Crippen molar-refractivity contribution in [2.24, 2.45) is 7.05 Å². The van der Waals surface area contributed by atoms with Crippen molar-refractivity contribution in [3.05, 3.63) is 36.0 Å². The Labute approximate surface area is 134 Å². The van der Waals surface area contributed by atoms with Crippen LogP contribution in [0, 0.1) is 0 Å². The number of aryl methyl sites for hydroxylation is 1. The van der Waals surface area contributed by atoms with Crippen molar-refractivity contribution in [1.82, 2.24) is 9.47 Å². The lowest BCUT2D eigenvalue weighted by Crippen LogP contribution is -2.29. The molecule has 0 aliphatic heterocycles. The van der Waals surface area contributed by atoms with Gasteiger partial charge in [0.2, 0.25) is 0 Å². The third kappa shape index (κ3) is 3.53. The van der Waals surface area contributed by atoms with Gasteiger partial charge in [-0.3, -0.25) is 0 Å². The van der Waals surface area contributed by atoms with Crippen molar-refractivity contribution in [3.8, 4) is 5.75 Å². The molecular weight excluding hydrogens is 296 g/mol. The van der Waals surface area contributed by atoms with Crippen LogP contribution in [0.25, 0.3) is 17.0 Å². The summed E-state index contributed by atoms with van der Waals surface area (Å²) in [5, 5.41) is 0.771. The fourth-order valence-electron chi connectivity index (χ4n) is 2.18. The Bertz CT molecular complexity index is 761. The molecule has 0 bridgehead atoms. The van der Waals surface area contributed by atoms with Crippen LogP contribution in [0.5, 0.6) is 5.75 Å². The van der Waals surface area contributed by atoms with E-state index in [0.717, 1.165) is 16.5 Å². The highest BCUT2D eigenvalue weighted by Gasteiger charge is 2.15. The van der Waals surface area contributed by atoms with Crippen LogP contribution in [0.4, 0.5) is 4.79 Å². The molecule has 1 heterocycles. The zero-order valence-electron chi connectivity index (χ0n) is 13.7. The van der Waals surface area contributed by atoms with Gasteiger partial charge in [-0.15, -0.1) is 0 Å². The number of hydrogen-bond acceptors (Lipinski definition) is 4. The summed E-state index contributed by atoms with van der Waals surface area (Å²) in [6.07, 6.45) is 4.43. The first-order valence-corrected chi connectivity index (χ1v) is 7.25. The van der Waals surface area contributed by atoms with Crippen molar-refractivity contribution >= 4 is 29.0 Å². The predicted octanol–water partition coefficient (Wildman–Crippen LogP) is 2.82. The number of aromatic nitrogens is 1. The summed E-state index contributed by atoms with van der Waals surface area (Å²) in [4.78, 5) is 24.8. The standard InChI is InChI=1S/C17H20N2O4/c1-5-18(2)17(21)23-14-8-6-7-13-16(14)12(11-19(13)3)9-10-15(20)22-4/h6-11H,5H2,1-4H3/b10-9+. The van der Waals surface area contributed by atoms with Gasteiger partial charge in [0.25, 0.3) is 0 Å². The molecular formula is C17H20N2O4. The summed E-state index contributed by atoms with van der Waals surface area (Å²) in [6, 6.07) is 5.48. The smallest absolute Gasteiger partial charge is 0.414 e. The van der Waals surface area contributed by atoms with Gasteiger partial charge in [-0.1, -0.05) is 6.07 Å². The number of ether oxygens (including phenoxy) is 2. The van der Waals surface area contributed by atoms with Crippen molar-refractivity contribution in [2.45, 2.75) is 6.92 Å². The number of esters is 1. The average molecular weight is 316 g/mol. The lowest BCUT2D eigenvalue weighted by Gasteiger charge is -2.15. The average Bonchev–Trinajstić information content (AvgIpc) is 2.89. The lowest BCUT2D eigenvalue weighted by atomic mass is 10.1. The maximum absolute atomic E-state index is 12.0. The van der Waals surface area contributed by atoms with Crippen LogP contribution < -0.4 is 4.74 Å². The highest BCUT2D eigenvalue weighted by molar-refractivity contribution is 5.98. The normalized spacial score (nSPS) is 11.0. The number of amides is 1. The highest BCUT2D eigenvalue weighted by Crippen LogP contribution is 2.31. The highest BCUT2D eigenvalue weighted by atomic mass is 16.6. The topological polar surface area (TPSA) is 60.8 Å². The molecule has 0 fully saturated rings. The Hall–Kier alpha value is -2.76. The van der Waals surface area contributed by atoms with Crippen LogP contribution in [-0.4, -0.2) is 42.2 Å². The van der Waals surface area contributed by atoms with Gasteiger partial charge in [-0.05, 0) is 25.1 Å². The van der Waals surface area contributed by atoms with Crippen molar-refractivity contribution in [2.75, 3.05) is 20.7 Å². The fraction of sp³-hybridized carbons (Fsp3) is 0.294. The molecule has 0 aliphatic carbocycles. The zero-order chi connectivity index (χ0) is 17.0. The quantitative estimate of drug-likeness (QED) is 0.643. The summed E-state index contributed by atoms with van der Waals surface area (Å²) >= 11 is 0. The van der Waals surface area contributed by atoms with E-state index in [4.69, 9.17) is 4.74 Å². The minimum absolute atomic E-state index is 0.424. The Morgan fingerprint density at radius 2 is 2.09 bits per heavy atom. The molecule has 0 saturated carbocycles. The van der Waals surface area contributed by atoms with E-state index >= 15 is 0 Å². The minimum Gasteiger partial charge on any atom is -0.466 e. The molecule has 0 atom stereocenters. The Morgan fingerprint density at radius 1 is 1.35 bits per heavy atom. The number of rotatable bonds is 4. The maximum atomic E-state index is 12.0. The summed E-state index contributed by atoms with van der Waals surface area (Å²) in [5.41, 5.74) is 1.68. The Balaban J connectivity index is 2.47. The van der Waals surface area contributed by atoms with E-state index in [1.807, 2.05) is 36.9 Å². The van der Waals surface area contributed by atoms with E-state index in [1.54, 1.807) is 19.2 Å². The molecule has 0 spiro atoms. The third-order valence-electron chi connectivity index (χ3n) is 3.59. The summed E-state index contributed by atoms with van der Waals surface area (Å²) in [5.74, 6) is 0.0140. The van der Waals surface area contributed by atoms with E-state index in [1.165, 1.54) is 18.1 Å². The van der Waals surface area contributed by atoms with Crippen LogP contribution in [0.1, 0.15) is 12.5 Å². The summed E-state index contributed by atoms with van der Waals surface area (Å²) in [7, 11) is 4.89. The van der Waals surface area contributed by atoms with E-state index in [0.29, 0.717) is 12.3 Å². The SMILES string of the molecule is CCN(C)C(=O)Oc1cccc2c1c(/C=C/C(=O)OC)cn2C. The molecule has 0 radical (unpaired) electrons. The number of carbonyl (C=O) groups excluding carboxylic acids is 2. The molecule has 1 aromatic heterocycles. The number of benzene rings is 1. The summed E-state index contributed by atoms with van der Waals surface area (Å²) < 4.78 is 12.0. The molecule has 0 N–H and O–H groups in total. The van der Waals surface area contributed by atoms with Gasteiger partial charge in [0.05, 0.1) is 12.6 Å². The molecule has 1 amide bonds. The van der Waals surface area contributed by atoms with E-state index in [9.17, 15) is 9.59 Å². The second kappa shape index (κ2) is 7.00. The van der Waals surface area contributed by atoms with E-state index < -0.39 is 12.1 Å². The van der Waals surface area contributed by atoms with Crippen molar-refractivity contribution < 1.29 is 19.1 Å². The fourth-order valence-corrected chi connectivity index (χ4v) is 2.18. The van der Waals surface area contributed by atoms with Crippen molar-refractivity contribution in [1.29, 1.82) is 0 Å². The maximum Gasteiger partial charge on any atom is 0.414 e. The van der Waals surface area contributed by atoms with E-state index in [-0.39, 0.29) is 0 Å². The van der Waals surface area contributed by atoms with E-state index in [2.05, 4.69) is 4.74 Å². The van der Waals surface area contributed by atoms with Crippen LogP contribution in [0.15, 0.2) is 30.5 Å². The molecule has 0 unspecified atom stereocenters. The molecule has 2 rings (SSSR count). The molecule has 6 nitrogen and oxygen atoms in total. The first-order valence-electron chi connectivity index (χ1n) is 7.25. The van der Waals surface area contributed by atoms with Crippen LogP contribution in [0.3, 0.4) is 0 Å². The van der Waals surface area contributed by atoms with Gasteiger partial charge in [-0.2, -0.15) is 0 Å². The van der Waals surface area contributed by atoms with Gasteiger partial charge in [0, 0.05) is 43.9 Å². The second-order valence-corrected chi connectivity index (χ2v) is 5.08. The number of fused-ring (bicyclic) bond motifs is 1. The van der Waals surface area contributed by atoms with Crippen molar-refractivity contribution in [3.63, 3.8) is 0 Å². The monoisotopic (exact) mass is 316 g/mol. The van der Waals surface area contributed by atoms with Gasteiger partial charge < -0.3 is 18.9 Å². The first-order chi connectivity index (χ1) is 11.0. The molecule has 2 aromatic rings.